The fourth-order valence-corrected chi connectivity index (χ4v) is 2.67. The van der Waals surface area contributed by atoms with Crippen molar-refractivity contribution >= 4 is 10.9 Å². The average Bonchev–Trinajstić information content (AvgIpc) is 3.04. The van der Waals surface area contributed by atoms with Gasteiger partial charge in [-0.25, -0.2) is 0 Å². The van der Waals surface area contributed by atoms with Crippen molar-refractivity contribution in [3.05, 3.63) is 30.5 Å². The Kier molecular flexibility index (Phi) is 2.94. The molecule has 0 radical (unpaired) electrons. The Morgan fingerprint density at radius 3 is 2.89 bits per heavy atom. The fourth-order valence-electron chi connectivity index (χ4n) is 2.67. The largest absolute Gasteiger partial charge is 0.494 e. The molecule has 0 bridgehead atoms. The van der Waals surface area contributed by atoms with Crippen LogP contribution in [0.1, 0.15) is 26.2 Å². The number of ether oxygens (including phenoxy) is 1. The van der Waals surface area contributed by atoms with Crippen molar-refractivity contribution < 1.29 is 4.74 Å². The highest BCUT2D eigenvalue weighted by Crippen LogP contribution is 2.50. The monoisotopic (exact) mass is 254 g/mol. The zero-order valence-corrected chi connectivity index (χ0v) is 11.2. The van der Waals surface area contributed by atoms with Crippen molar-refractivity contribution in [1.82, 2.24) is 4.57 Å². The molecule has 1 aromatic carbocycles. The molecule has 1 fully saturated rings. The molecule has 3 heteroatoms. The second-order valence-electron chi connectivity index (χ2n) is 5.43. The number of nitriles is 1. The van der Waals surface area contributed by atoms with Crippen LogP contribution in [0, 0.1) is 16.7 Å². The van der Waals surface area contributed by atoms with Crippen molar-refractivity contribution in [2.45, 2.75) is 32.7 Å². The molecule has 0 aliphatic heterocycles. The van der Waals surface area contributed by atoms with Crippen LogP contribution in [-0.4, -0.2) is 11.2 Å². The van der Waals surface area contributed by atoms with E-state index in [1.54, 1.807) is 0 Å². The number of benzene rings is 1. The van der Waals surface area contributed by atoms with E-state index in [1.807, 2.05) is 13.0 Å². The van der Waals surface area contributed by atoms with Crippen molar-refractivity contribution in [3.8, 4) is 11.8 Å². The van der Waals surface area contributed by atoms with Gasteiger partial charge in [0.2, 0.25) is 0 Å². The molecule has 3 nitrogen and oxygen atoms in total. The van der Waals surface area contributed by atoms with E-state index in [0.717, 1.165) is 12.3 Å². The first-order valence-corrected chi connectivity index (χ1v) is 6.85. The highest BCUT2D eigenvalue weighted by atomic mass is 16.5. The van der Waals surface area contributed by atoms with Crippen LogP contribution in [0.25, 0.3) is 10.9 Å². The molecule has 0 amide bonds. The molecule has 0 atom stereocenters. The Bertz CT molecular complexity index is 632. The van der Waals surface area contributed by atoms with Gasteiger partial charge < -0.3 is 9.30 Å². The number of nitrogens with zero attached hydrogens (tertiary/aromatic N) is 2. The SMILES string of the molecule is CCOc1ccc2c(ccn2CC2(CC#N)CC2)c1. The predicted molar refractivity (Wildman–Crippen MR) is 75.0 cm³/mol. The van der Waals surface area contributed by atoms with Gasteiger partial charge in [-0.05, 0) is 44.0 Å². The number of rotatable bonds is 5. The van der Waals surface area contributed by atoms with E-state index >= 15 is 0 Å². The van der Waals surface area contributed by atoms with Crippen LogP contribution in [0.15, 0.2) is 30.5 Å². The normalized spacial score (nSPS) is 16.2. The van der Waals surface area contributed by atoms with E-state index in [9.17, 15) is 0 Å². The van der Waals surface area contributed by atoms with Gasteiger partial charge in [-0.1, -0.05) is 0 Å². The first-order valence-electron chi connectivity index (χ1n) is 6.85. The van der Waals surface area contributed by atoms with Crippen molar-refractivity contribution in [2.75, 3.05) is 6.61 Å². The summed E-state index contributed by atoms with van der Waals surface area (Å²) in [5.41, 5.74) is 1.46. The van der Waals surface area contributed by atoms with E-state index < -0.39 is 0 Å². The maximum atomic E-state index is 8.90. The van der Waals surface area contributed by atoms with Gasteiger partial charge in [0.1, 0.15) is 5.75 Å². The van der Waals surface area contributed by atoms with Crippen LogP contribution in [0.5, 0.6) is 5.75 Å². The molecule has 1 aliphatic carbocycles. The van der Waals surface area contributed by atoms with Crippen LogP contribution < -0.4 is 4.74 Å². The van der Waals surface area contributed by atoms with Gasteiger partial charge in [0, 0.05) is 35.5 Å². The second-order valence-corrected chi connectivity index (χ2v) is 5.43. The highest BCUT2D eigenvalue weighted by Gasteiger charge is 2.42. The second kappa shape index (κ2) is 4.62. The quantitative estimate of drug-likeness (QED) is 0.815. The predicted octanol–water partition coefficient (Wildman–Crippen LogP) is 3.73. The molecule has 19 heavy (non-hydrogen) atoms. The average molecular weight is 254 g/mol. The van der Waals surface area contributed by atoms with E-state index in [2.05, 4.69) is 35.0 Å². The summed E-state index contributed by atoms with van der Waals surface area (Å²) >= 11 is 0. The summed E-state index contributed by atoms with van der Waals surface area (Å²) < 4.78 is 7.80. The first-order chi connectivity index (χ1) is 9.26. The van der Waals surface area contributed by atoms with Gasteiger partial charge in [0.25, 0.3) is 0 Å². The van der Waals surface area contributed by atoms with Gasteiger partial charge in [0.05, 0.1) is 12.7 Å². The highest BCUT2D eigenvalue weighted by molar-refractivity contribution is 5.81. The third-order valence-electron chi connectivity index (χ3n) is 3.97. The smallest absolute Gasteiger partial charge is 0.120 e. The maximum Gasteiger partial charge on any atom is 0.120 e. The lowest BCUT2D eigenvalue weighted by atomic mass is 10.0. The zero-order valence-electron chi connectivity index (χ0n) is 11.2. The van der Waals surface area contributed by atoms with Gasteiger partial charge in [-0.2, -0.15) is 5.26 Å². The van der Waals surface area contributed by atoms with Crippen LogP contribution in [-0.2, 0) is 6.54 Å². The van der Waals surface area contributed by atoms with E-state index in [0.29, 0.717) is 13.0 Å². The lowest BCUT2D eigenvalue weighted by molar-refractivity contribution is 0.340. The number of hydrogen-bond donors (Lipinski definition) is 0. The van der Waals surface area contributed by atoms with Gasteiger partial charge in [-0.3, -0.25) is 0 Å². The van der Waals surface area contributed by atoms with Crippen LogP contribution in [0.4, 0.5) is 0 Å². The molecule has 1 heterocycles. The number of aromatic nitrogens is 1. The lowest BCUT2D eigenvalue weighted by Crippen LogP contribution is -2.10. The molecule has 0 saturated heterocycles. The summed E-state index contributed by atoms with van der Waals surface area (Å²) in [4.78, 5) is 0. The molecular formula is C16H18N2O. The third kappa shape index (κ3) is 2.31. The minimum absolute atomic E-state index is 0.235. The molecule has 1 aromatic heterocycles. The summed E-state index contributed by atoms with van der Waals surface area (Å²) in [6, 6.07) is 10.7. The molecule has 1 aliphatic rings. The van der Waals surface area contributed by atoms with Gasteiger partial charge in [0.15, 0.2) is 0 Å². The Morgan fingerprint density at radius 2 is 2.21 bits per heavy atom. The Balaban J connectivity index is 1.87. The Hall–Kier alpha value is -1.95. The summed E-state index contributed by atoms with van der Waals surface area (Å²) in [6.07, 6.45) is 5.15. The number of hydrogen-bond acceptors (Lipinski definition) is 2. The summed E-state index contributed by atoms with van der Waals surface area (Å²) in [6.45, 7) is 3.64. The number of fused-ring (bicyclic) bond motifs is 1. The first kappa shape index (κ1) is 12.1. The van der Waals surface area contributed by atoms with Crippen LogP contribution in [0.3, 0.4) is 0 Å². The molecule has 2 aromatic rings. The lowest BCUT2D eigenvalue weighted by Gasteiger charge is -2.13. The standard InChI is InChI=1S/C16H18N2O/c1-2-19-14-3-4-15-13(11-14)5-10-18(15)12-16(6-7-16)8-9-17/h3-5,10-11H,2,6-8,12H2,1H3. The van der Waals surface area contributed by atoms with Crippen LogP contribution in [0.2, 0.25) is 0 Å². The fraction of sp³-hybridized carbons (Fsp3) is 0.438. The van der Waals surface area contributed by atoms with Gasteiger partial charge >= 0.3 is 0 Å². The molecule has 1 saturated carbocycles. The van der Waals surface area contributed by atoms with Crippen LogP contribution >= 0.6 is 0 Å². The topological polar surface area (TPSA) is 38.0 Å². The van der Waals surface area contributed by atoms with Crippen molar-refractivity contribution in [1.29, 1.82) is 5.26 Å². The molecule has 98 valence electrons. The summed E-state index contributed by atoms with van der Waals surface area (Å²) in [7, 11) is 0. The van der Waals surface area contributed by atoms with E-state index in [1.165, 1.54) is 23.7 Å². The Morgan fingerprint density at radius 1 is 1.37 bits per heavy atom. The maximum absolute atomic E-state index is 8.90. The molecule has 3 rings (SSSR count). The summed E-state index contributed by atoms with van der Waals surface area (Å²) in [5, 5.41) is 10.1. The third-order valence-corrected chi connectivity index (χ3v) is 3.97. The van der Waals surface area contributed by atoms with E-state index in [-0.39, 0.29) is 5.41 Å². The molecule has 0 unspecified atom stereocenters. The molecule has 0 spiro atoms. The molecule has 0 N–H and O–H groups in total. The zero-order chi connectivity index (χ0) is 13.3. The van der Waals surface area contributed by atoms with Crippen molar-refractivity contribution in [3.63, 3.8) is 0 Å². The minimum atomic E-state index is 0.235. The minimum Gasteiger partial charge on any atom is -0.494 e. The van der Waals surface area contributed by atoms with Gasteiger partial charge in [-0.15, -0.1) is 0 Å². The van der Waals surface area contributed by atoms with E-state index in [4.69, 9.17) is 10.00 Å². The molecular weight excluding hydrogens is 236 g/mol. The van der Waals surface area contributed by atoms with Crippen molar-refractivity contribution in [2.24, 2.45) is 5.41 Å². The Labute approximate surface area is 113 Å². The summed E-state index contributed by atoms with van der Waals surface area (Å²) in [5.74, 6) is 0.922.